The van der Waals surface area contributed by atoms with Crippen LogP contribution < -0.4 is 10.6 Å². The number of oxime groups is 1. The van der Waals surface area contributed by atoms with Gasteiger partial charge < -0.3 is 15.8 Å². The Morgan fingerprint density at radius 1 is 1.33 bits per heavy atom. The van der Waals surface area contributed by atoms with Gasteiger partial charge in [-0.1, -0.05) is 31.1 Å². The normalized spacial score (nSPS) is 13.8. The van der Waals surface area contributed by atoms with E-state index in [2.05, 4.69) is 30.8 Å². The zero-order chi connectivity index (χ0) is 13.9. The topological polar surface area (TPSA) is 61.9 Å². The van der Waals surface area contributed by atoms with Crippen molar-refractivity contribution < 1.29 is 5.21 Å². The van der Waals surface area contributed by atoms with Gasteiger partial charge in [-0.15, -0.1) is 0 Å². The average molecular weight is 249 g/mol. The molecule has 0 fully saturated rings. The lowest BCUT2D eigenvalue weighted by Gasteiger charge is -2.32. The smallest absolute Gasteiger partial charge is 0.172 e. The van der Waals surface area contributed by atoms with E-state index in [1.54, 1.807) is 0 Å². The van der Waals surface area contributed by atoms with Crippen LogP contribution in [0.1, 0.15) is 31.9 Å². The molecule has 0 aliphatic rings. The van der Waals surface area contributed by atoms with Crippen molar-refractivity contribution in [1.29, 1.82) is 0 Å². The molecule has 0 spiro atoms. The summed E-state index contributed by atoms with van der Waals surface area (Å²) < 4.78 is 0. The second kappa shape index (κ2) is 5.76. The first-order chi connectivity index (χ1) is 8.40. The third kappa shape index (κ3) is 2.75. The van der Waals surface area contributed by atoms with Crippen LogP contribution in [0.25, 0.3) is 0 Å². The lowest BCUT2D eigenvalue weighted by molar-refractivity contribution is 0.318. The summed E-state index contributed by atoms with van der Waals surface area (Å²) in [4.78, 5) is 2.19. The SMILES string of the molecule is Cc1cccc(/C(N)=N/O)c1N(C)C(C)C(C)C. The van der Waals surface area contributed by atoms with Crippen molar-refractivity contribution in [1.82, 2.24) is 0 Å². The largest absolute Gasteiger partial charge is 0.409 e. The molecule has 0 aliphatic heterocycles. The number of nitrogens with zero attached hydrogens (tertiary/aromatic N) is 2. The van der Waals surface area contributed by atoms with E-state index in [0.29, 0.717) is 12.0 Å². The molecule has 4 heteroatoms. The molecule has 0 saturated heterocycles. The van der Waals surface area contributed by atoms with Gasteiger partial charge in [-0.25, -0.2) is 0 Å². The molecule has 0 aliphatic carbocycles. The Morgan fingerprint density at radius 2 is 1.94 bits per heavy atom. The predicted octanol–water partition coefficient (Wildman–Crippen LogP) is 2.57. The number of anilines is 1. The van der Waals surface area contributed by atoms with Gasteiger partial charge in [-0.05, 0) is 31.4 Å². The number of nitrogens with two attached hydrogens (primary N) is 1. The first-order valence-corrected chi connectivity index (χ1v) is 6.20. The van der Waals surface area contributed by atoms with Crippen LogP contribution in [-0.4, -0.2) is 24.1 Å². The van der Waals surface area contributed by atoms with Crippen LogP contribution in [0.4, 0.5) is 5.69 Å². The van der Waals surface area contributed by atoms with Gasteiger partial charge in [0.2, 0.25) is 0 Å². The molecule has 0 bridgehead atoms. The second-order valence-corrected chi connectivity index (χ2v) is 5.05. The second-order valence-electron chi connectivity index (χ2n) is 5.05. The molecule has 1 atom stereocenters. The minimum atomic E-state index is 0.150. The molecule has 1 aromatic carbocycles. The maximum absolute atomic E-state index is 8.88. The van der Waals surface area contributed by atoms with Gasteiger partial charge in [0.05, 0.1) is 5.69 Å². The number of amidine groups is 1. The van der Waals surface area contributed by atoms with E-state index in [9.17, 15) is 0 Å². The highest BCUT2D eigenvalue weighted by Gasteiger charge is 2.19. The molecular formula is C14H23N3O. The summed E-state index contributed by atoms with van der Waals surface area (Å²) in [7, 11) is 2.04. The summed E-state index contributed by atoms with van der Waals surface area (Å²) in [5.41, 5.74) is 8.66. The van der Waals surface area contributed by atoms with Crippen molar-refractivity contribution >= 4 is 11.5 Å². The molecule has 0 saturated carbocycles. The van der Waals surface area contributed by atoms with Crippen LogP contribution in [-0.2, 0) is 0 Å². The highest BCUT2D eigenvalue weighted by atomic mass is 16.4. The standard InChI is InChI=1S/C14H23N3O/c1-9(2)11(4)17(5)13-10(3)7-6-8-12(13)14(15)16-18/h6-9,11,18H,1-5H3,(H2,15,16). The maximum Gasteiger partial charge on any atom is 0.172 e. The number of hydrogen-bond donors (Lipinski definition) is 2. The highest BCUT2D eigenvalue weighted by Crippen LogP contribution is 2.27. The van der Waals surface area contributed by atoms with E-state index < -0.39 is 0 Å². The summed E-state index contributed by atoms with van der Waals surface area (Å²) in [5, 5.41) is 12.0. The minimum Gasteiger partial charge on any atom is -0.409 e. The van der Waals surface area contributed by atoms with Crippen molar-refractivity contribution in [3.8, 4) is 0 Å². The Hall–Kier alpha value is -1.71. The first kappa shape index (κ1) is 14.4. The molecule has 0 heterocycles. The Balaban J connectivity index is 3.30. The van der Waals surface area contributed by atoms with Crippen LogP contribution in [0.3, 0.4) is 0 Å². The Morgan fingerprint density at radius 3 is 2.44 bits per heavy atom. The minimum absolute atomic E-state index is 0.150. The molecular weight excluding hydrogens is 226 g/mol. The molecule has 1 rings (SSSR count). The van der Waals surface area contributed by atoms with Gasteiger partial charge in [-0.3, -0.25) is 0 Å². The molecule has 18 heavy (non-hydrogen) atoms. The lowest BCUT2D eigenvalue weighted by Crippen LogP contribution is -2.35. The quantitative estimate of drug-likeness (QED) is 0.373. The monoisotopic (exact) mass is 249 g/mol. The molecule has 0 amide bonds. The molecule has 100 valence electrons. The van der Waals surface area contributed by atoms with Gasteiger partial charge in [0.1, 0.15) is 0 Å². The molecule has 0 aromatic heterocycles. The molecule has 0 radical (unpaired) electrons. The summed E-state index contributed by atoms with van der Waals surface area (Å²) in [6.45, 7) is 8.57. The molecule has 1 aromatic rings. The molecule has 1 unspecified atom stereocenters. The van der Waals surface area contributed by atoms with Crippen molar-refractivity contribution in [2.45, 2.75) is 33.7 Å². The number of aryl methyl sites for hydroxylation is 1. The molecule has 4 nitrogen and oxygen atoms in total. The summed E-state index contributed by atoms with van der Waals surface area (Å²) in [5.74, 6) is 0.672. The van der Waals surface area contributed by atoms with Crippen LogP contribution in [0, 0.1) is 12.8 Å². The van der Waals surface area contributed by atoms with Gasteiger partial charge in [0.15, 0.2) is 5.84 Å². The lowest BCUT2D eigenvalue weighted by atomic mass is 10.0. The number of hydrogen-bond acceptors (Lipinski definition) is 3. The van der Waals surface area contributed by atoms with Crippen LogP contribution in [0.5, 0.6) is 0 Å². The van der Waals surface area contributed by atoms with E-state index >= 15 is 0 Å². The van der Waals surface area contributed by atoms with E-state index in [4.69, 9.17) is 10.9 Å². The van der Waals surface area contributed by atoms with Crippen molar-refractivity contribution in [2.24, 2.45) is 16.8 Å². The third-order valence-electron chi connectivity index (χ3n) is 3.55. The summed E-state index contributed by atoms with van der Waals surface area (Å²) in [6, 6.07) is 6.20. The number of para-hydroxylation sites is 1. The average Bonchev–Trinajstić information content (AvgIpc) is 2.35. The van der Waals surface area contributed by atoms with Crippen LogP contribution in [0.15, 0.2) is 23.4 Å². The van der Waals surface area contributed by atoms with Gasteiger partial charge >= 0.3 is 0 Å². The van der Waals surface area contributed by atoms with E-state index in [1.807, 2.05) is 32.2 Å². The Labute approximate surface area is 109 Å². The van der Waals surface area contributed by atoms with Gasteiger partial charge in [0.25, 0.3) is 0 Å². The fourth-order valence-electron chi connectivity index (χ4n) is 2.04. The third-order valence-corrected chi connectivity index (χ3v) is 3.55. The van der Waals surface area contributed by atoms with Crippen molar-refractivity contribution in [3.05, 3.63) is 29.3 Å². The Kier molecular flexibility index (Phi) is 4.59. The predicted molar refractivity (Wildman–Crippen MR) is 76.4 cm³/mol. The molecule has 3 N–H and O–H groups in total. The van der Waals surface area contributed by atoms with Crippen molar-refractivity contribution in [3.63, 3.8) is 0 Å². The fraction of sp³-hybridized carbons (Fsp3) is 0.500. The zero-order valence-corrected chi connectivity index (χ0v) is 11.8. The van der Waals surface area contributed by atoms with E-state index in [0.717, 1.165) is 16.8 Å². The van der Waals surface area contributed by atoms with Crippen molar-refractivity contribution in [2.75, 3.05) is 11.9 Å². The van der Waals surface area contributed by atoms with Crippen LogP contribution in [0.2, 0.25) is 0 Å². The van der Waals surface area contributed by atoms with Gasteiger partial charge in [0, 0.05) is 18.7 Å². The highest BCUT2D eigenvalue weighted by molar-refractivity contribution is 6.02. The van der Waals surface area contributed by atoms with E-state index in [-0.39, 0.29) is 5.84 Å². The van der Waals surface area contributed by atoms with Crippen LogP contribution >= 0.6 is 0 Å². The first-order valence-electron chi connectivity index (χ1n) is 6.20. The summed E-state index contributed by atoms with van der Waals surface area (Å²) in [6.07, 6.45) is 0. The van der Waals surface area contributed by atoms with E-state index in [1.165, 1.54) is 0 Å². The number of benzene rings is 1. The van der Waals surface area contributed by atoms with Gasteiger partial charge in [-0.2, -0.15) is 0 Å². The maximum atomic E-state index is 8.88. The number of rotatable bonds is 4. The fourth-order valence-corrected chi connectivity index (χ4v) is 2.04. The Bertz CT molecular complexity index is 441. The summed E-state index contributed by atoms with van der Waals surface area (Å²) >= 11 is 0. The zero-order valence-electron chi connectivity index (χ0n) is 11.8.